The number of fused-ring (bicyclic) bond motifs is 1. The third-order valence-corrected chi connectivity index (χ3v) is 3.08. The van der Waals surface area contributed by atoms with Gasteiger partial charge in [-0.15, -0.1) is 0 Å². The van der Waals surface area contributed by atoms with E-state index >= 15 is 0 Å². The minimum Gasteiger partial charge on any atom is -0.361 e. The number of sulfonamides is 1. The van der Waals surface area contributed by atoms with Crippen LogP contribution in [-0.4, -0.2) is 45.8 Å². The molecule has 0 saturated carbocycles. The Morgan fingerprint density at radius 3 is 3.20 bits per heavy atom. The number of benzene rings is 1. The Balaban J connectivity index is 2.77. The number of nitrogens with one attached hydrogen (secondary N) is 2. The normalized spacial score (nSPS) is 26.4. The van der Waals surface area contributed by atoms with Gasteiger partial charge in [0.15, 0.2) is 1.41 Å². The van der Waals surface area contributed by atoms with Crippen molar-refractivity contribution in [1.82, 2.24) is 14.6 Å². The third kappa shape index (κ3) is 3.59. The lowest BCUT2D eigenvalue weighted by atomic mass is 10.1. The number of aromatic amines is 1. The van der Waals surface area contributed by atoms with Crippen molar-refractivity contribution < 1.29 is 27.7 Å². The molecule has 0 amide bonds. The molecule has 0 saturated heterocycles. The molecule has 1 aromatic carbocycles. The largest absolute Gasteiger partial charge is 0.361 e. The fourth-order valence-corrected chi connectivity index (χ4v) is 2.02. The van der Waals surface area contributed by atoms with E-state index in [4.69, 9.17) is 19.3 Å². The van der Waals surface area contributed by atoms with Crippen molar-refractivity contribution in [1.29, 1.82) is 0 Å². The predicted octanol–water partition coefficient (Wildman–Crippen LogP) is 1.32. The van der Waals surface area contributed by atoms with Gasteiger partial charge < -0.3 is 9.88 Å². The van der Waals surface area contributed by atoms with Crippen LogP contribution in [0.5, 0.6) is 0 Å². The van der Waals surface area contributed by atoms with E-state index in [2.05, 4.69) is 0 Å². The lowest BCUT2D eigenvalue weighted by molar-refractivity contribution is 0.414. The molecule has 2 aromatic rings. The second-order valence-corrected chi connectivity index (χ2v) is 5.20. The molecule has 0 spiro atoms. The van der Waals surface area contributed by atoms with Gasteiger partial charge in [-0.2, -0.15) is 0 Å². The quantitative estimate of drug-likeness (QED) is 0.846. The molecule has 0 radical (unpaired) electrons. The van der Waals surface area contributed by atoms with Crippen molar-refractivity contribution in [2.75, 3.05) is 27.5 Å². The van der Waals surface area contributed by atoms with E-state index in [1.54, 1.807) is 0 Å². The summed E-state index contributed by atoms with van der Waals surface area (Å²) < 4.78 is 132. The van der Waals surface area contributed by atoms with Crippen LogP contribution in [0.15, 0.2) is 24.4 Å². The van der Waals surface area contributed by atoms with E-state index in [9.17, 15) is 8.42 Å². The predicted molar refractivity (Wildman–Crippen MR) is 82.2 cm³/mol. The molecule has 0 bridgehead atoms. The minimum atomic E-state index is -5.45. The molecule has 1 heterocycles. The van der Waals surface area contributed by atoms with Crippen molar-refractivity contribution in [2.45, 2.75) is 12.1 Å². The zero-order valence-corrected chi connectivity index (χ0v) is 11.2. The first-order valence-corrected chi connectivity index (χ1v) is 6.79. The summed E-state index contributed by atoms with van der Waals surface area (Å²) in [5.74, 6) is 0. The Morgan fingerprint density at radius 1 is 1.60 bits per heavy atom. The highest BCUT2D eigenvalue weighted by Gasteiger charge is 2.11. The summed E-state index contributed by atoms with van der Waals surface area (Å²) in [5, 5.41) is -0.315. The average Bonchev–Trinajstić information content (AvgIpc) is 3.01. The molecule has 0 atom stereocenters. The SMILES string of the molecule is [2H]N(C([2H])([2H])[2H])S(=O)(=O)C([2H])([2H])c1ccc2c(c1)c(C([2H])([2H])C([2H])([2H])N(C)C([2H])([2H])[2H])cn2[2H]. The molecule has 2 N–H and O–H groups in total. The summed E-state index contributed by atoms with van der Waals surface area (Å²) in [5.41, 5.74) is -4.87. The van der Waals surface area contributed by atoms with Crippen LogP contribution >= 0.6 is 0 Å². The van der Waals surface area contributed by atoms with Crippen LogP contribution in [-0.2, 0) is 22.1 Å². The van der Waals surface area contributed by atoms with Crippen molar-refractivity contribution in [3.05, 3.63) is 35.5 Å². The summed E-state index contributed by atoms with van der Waals surface area (Å²) in [4.78, 5) is 0.788. The molecule has 0 fully saturated rings. The monoisotopic (exact) mass is 309 g/mol. The fraction of sp³-hybridized carbons (Fsp3) is 0.429. The molecule has 0 aliphatic heterocycles. The molecule has 1 aromatic heterocycles. The van der Waals surface area contributed by atoms with Crippen molar-refractivity contribution in [3.8, 4) is 0 Å². The smallest absolute Gasteiger partial charge is 0.215 e. The molecule has 0 aliphatic rings. The van der Waals surface area contributed by atoms with Crippen LogP contribution < -0.4 is 4.72 Å². The first-order chi connectivity index (χ1) is 14.9. The van der Waals surface area contributed by atoms with Crippen LogP contribution in [0, 0.1) is 0 Å². The zero-order chi connectivity index (χ0) is 26.9. The summed E-state index contributed by atoms with van der Waals surface area (Å²) in [6, 6.07) is 2.74. The molecule has 6 heteroatoms. The molecule has 0 unspecified atom stereocenters. The van der Waals surface area contributed by atoms with Crippen LogP contribution in [0.2, 0.25) is 2.82 Å². The van der Waals surface area contributed by atoms with E-state index in [1.165, 1.54) is 0 Å². The van der Waals surface area contributed by atoms with E-state index in [0.717, 1.165) is 31.4 Å². The third-order valence-electron chi connectivity index (χ3n) is 2.34. The second-order valence-electron chi connectivity index (χ2n) is 3.87. The summed E-state index contributed by atoms with van der Waals surface area (Å²) in [6.45, 7) is -9.73. The molecule has 0 aliphatic carbocycles. The number of rotatable bonds is 6. The molecule has 2 rings (SSSR count). The molecule has 110 valence electrons. The number of aromatic nitrogens is 1. The van der Waals surface area contributed by atoms with Crippen LogP contribution in [0.4, 0.5) is 0 Å². The first kappa shape index (κ1) is 5.12. The van der Waals surface area contributed by atoms with Gasteiger partial charge >= 0.3 is 0 Å². The zero-order valence-electron chi connectivity index (χ0n) is 24.4. The number of hydrogen-bond acceptors (Lipinski definition) is 3. The Labute approximate surface area is 139 Å². The minimum absolute atomic E-state index is 0.0956. The number of nitrogens with zero attached hydrogens (tertiary/aromatic N) is 1. The van der Waals surface area contributed by atoms with E-state index in [-0.39, 0.29) is 15.8 Å². The highest BCUT2D eigenvalue weighted by Crippen LogP contribution is 2.21. The number of hydrogen-bond donors (Lipinski definition) is 2. The maximum atomic E-state index is 12.5. The van der Waals surface area contributed by atoms with Gasteiger partial charge in [-0.1, -0.05) is 6.07 Å². The number of H-pyrrole nitrogens is 1. The highest BCUT2D eigenvalue weighted by molar-refractivity contribution is 7.88. The molecular weight excluding hydrogens is 274 g/mol. The number of likely N-dealkylation sites (N-methyl/N-ethyl adjacent to an activating group) is 1. The van der Waals surface area contributed by atoms with Crippen molar-refractivity contribution in [3.63, 3.8) is 0 Å². The van der Waals surface area contributed by atoms with Gasteiger partial charge in [-0.05, 0) is 50.6 Å². The summed E-state index contributed by atoms with van der Waals surface area (Å²) in [7, 11) is -4.62. The van der Waals surface area contributed by atoms with Crippen molar-refractivity contribution in [2.24, 2.45) is 0 Å². The Hall–Kier alpha value is -1.37. The fourth-order valence-electron chi connectivity index (χ4n) is 1.55. The summed E-state index contributed by atoms with van der Waals surface area (Å²) in [6.07, 6.45) is -2.27. The lowest BCUT2D eigenvalue weighted by Crippen LogP contribution is -2.20. The topological polar surface area (TPSA) is 65.2 Å². The summed E-state index contributed by atoms with van der Waals surface area (Å²) >= 11 is 0. The molecular formula is C14H21N3O2S. The number of aryl methyl sites for hydroxylation is 1. The van der Waals surface area contributed by atoms with E-state index in [0.29, 0.717) is 4.98 Å². The van der Waals surface area contributed by atoms with Gasteiger partial charge in [-0.3, -0.25) is 0 Å². The van der Waals surface area contributed by atoms with Gasteiger partial charge in [0, 0.05) is 40.0 Å². The van der Waals surface area contributed by atoms with Crippen LogP contribution in [0.1, 0.15) is 27.6 Å². The molecule has 5 nitrogen and oxygen atoms in total. The van der Waals surface area contributed by atoms with Crippen LogP contribution in [0.25, 0.3) is 10.9 Å². The average molecular weight is 309 g/mol. The van der Waals surface area contributed by atoms with Crippen molar-refractivity contribution >= 4 is 20.9 Å². The van der Waals surface area contributed by atoms with Gasteiger partial charge in [-0.25, -0.2) is 13.1 Å². The Kier molecular flexibility index (Phi) is 1.52. The van der Waals surface area contributed by atoms with E-state index in [1.807, 2.05) is 0 Å². The maximum absolute atomic E-state index is 12.5. The van der Waals surface area contributed by atoms with E-state index < -0.39 is 58.4 Å². The Morgan fingerprint density at radius 2 is 2.45 bits per heavy atom. The van der Waals surface area contributed by atoms with Gasteiger partial charge in [0.1, 0.15) is 1.41 Å². The van der Waals surface area contributed by atoms with Gasteiger partial charge in [0.05, 0.1) is 5.70 Å². The Bertz CT molecular complexity index is 1180. The first-order valence-electron chi connectivity index (χ1n) is 12.2. The highest BCUT2D eigenvalue weighted by atomic mass is 32.2. The second kappa shape index (κ2) is 5.95. The molecule has 20 heavy (non-hydrogen) atoms. The standard InChI is InChI=1S/C14H21N3O2S/c1-15-20(18,19)10-11-4-5-14-13(8-11)12(9-16-14)6-7-17(2)3/h4-5,8-9,15-16H,6-7,10H2,1-3H3/i1D3,2D3,6D2,7D2,10D2/hD2. The van der Waals surface area contributed by atoms with Crippen LogP contribution in [0.3, 0.4) is 0 Å². The maximum Gasteiger partial charge on any atom is 0.215 e. The van der Waals surface area contributed by atoms with Gasteiger partial charge in [0.2, 0.25) is 10.0 Å². The van der Waals surface area contributed by atoms with Gasteiger partial charge in [0.25, 0.3) is 0 Å². The lowest BCUT2D eigenvalue weighted by Gasteiger charge is -2.08.